The van der Waals surface area contributed by atoms with E-state index in [1.165, 1.54) is 12.1 Å². The molecule has 2 atom stereocenters. The summed E-state index contributed by atoms with van der Waals surface area (Å²) >= 11 is 0. The van der Waals surface area contributed by atoms with E-state index in [0.29, 0.717) is 18.9 Å². The number of rotatable bonds is 5. The van der Waals surface area contributed by atoms with Crippen LogP contribution in [0.2, 0.25) is 0 Å². The molecule has 1 fully saturated rings. The summed E-state index contributed by atoms with van der Waals surface area (Å²) in [6.07, 6.45) is 4.49. The van der Waals surface area contributed by atoms with Crippen LogP contribution in [0.5, 0.6) is 0 Å². The van der Waals surface area contributed by atoms with E-state index in [-0.39, 0.29) is 30.2 Å². The second-order valence-electron chi connectivity index (χ2n) is 5.29. The van der Waals surface area contributed by atoms with Crippen LogP contribution in [0, 0.1) is 11.7 Å². The van der Waals surface area contributed by atoms with E-state index >= 15 is 0 Å². The quantitative estimate of drug-likeness (QED) is 0.877. The zero-order valence-electron chi connectivity index (χ0n) is 11.5. The van der Waals surface area contributed by atoms with Gasteiger partial charge in [-0.15, -0.1) is 12.4 Å². The first-order valence-electron chi connectivity index (χ1n) is 6.92. The van der Waals surface area contributed by atoms with Crippen LogP contribution in [0.3, 0.4) is 0 Å². The average molecular weight is 301 g/mol. The molecule has 3 N–H and O–H groups in total. The van der Waals surface area contributed by atoms with E-state index in [0.717, 1.165) is 31.2 Å². The van der Waals surface area contributed by atoms with Gasteiger partial charge in [0, 0.05) is 19.0 Å². The van der Waals surface area contributed by atoms with Crippen molar-refractivity contribution in [2.75, 3.05) is 6.54 Å². The lowest BCUT2D eigenvalue weighted by Crippen LogP contribution is -2.32. The van der Waals surface area contributed by atoms with Crippen molar-refractivity contribution in [3.8, 4) is 0 Å². The van der Waals surface area contributed by atoms with Gasteiger partial charge in [-0.25, -0.2) is 4.39 Å². The molecular weight excluding hydrogens is 279 g/mol. The summed E-state index contributed by atoms with van der Waals surface area (Å²) in [5, 5.41) is 2.90. The van der Waals surface area contributed by atoms with E-state index in [1.807, 2.05) is 0 Å². The molecule has 5 heteroatoms. The van der Waals surface area contributed by atoms with E-state index in [9.17, 15) is 9.18 Å². The van der Waals surface area contributed by atoms with Crippen molar-refractivity contribution in [3.63, 3.8) is 0 Å². The SMILES string of the molecule is Cl.N[C@@H]1CCC[C@H]1CC(=O)NCCc1ccc(F)cc1. The molecule has 112 valence electrons. The fraction of sp³-hybridized carbons (Fsp3) is 0.533. The van der Waals surface area contributed by atoms with Gasteiger partial charge < -0.3 is 11.1 Å². The van der Waals surface area contributed by atoms with Crippen molar-refractivity contribution in [3.05, 3.63) is 35.6 Å². The molecule has 0 unspecified atom stereocenters. The molecule has 0 aromatic heterocycles. The lowest BCUT2D eigenvalue weighted by molar-refractivity contribution is -0.122. The number of nitrogens with two attached hydrogens (primary N) is 1. The van der Waals surface area contributed by atoms with Gasteiger partial charge in [0.05, 0.1) is 0 Å². The van der Waals surface area contributed by atoms with Crippen molar-refractivity contribution < 1.29 is 9.18 Å². The van der Waals surface area contributed by atoms with E-state index in [1.54, 1.807) is 12.1 Å². The Labute approximate surface area is 125 Å². The van der Waals surface area contributed by atoms with Gasteiger partial charge in [0.1, 0.15) is 5.82 Å². The van der Waals surface area contributed by atoms with Gasteiger partial charge in [-0.3, -0.25) is 4.79 Å². The molecule has 3 nitrogen and oxygen atoms in total. The van der Waals surface area contributed by atoms with Gasteiger partial charge in [-0.2, -0.15) is 0 Å². The van der Waals surface area contributed by atoms with Crippen LogP contribution in [0.15, 0.2) is 24.3 Å². The zero-order valence-corrected chi connectivity index (χ0v) is 12.3. The molecule has 0 bridgehead atoms. The number of hydrogen-bond donors (Lipinski definition) is 2. The number of carbonyl (C=O) groups excluding carboxylic acids is 1. The molecule has 20 heavy (non-hydrogen) atoms. The van der Waals surface area contributed by atoms with E-state index < -0.39 is 0 Å². The lowest BCUT2D eigenvalue weighted by atomic mass is 10.00. The largest absolute Gasteiger partial charge is 0.356 e. The number of benzene rings is 1. The summed E-state index contributed by atoms with van der Waals surface area (Å²) < 4.78 is 12.7. The summed E-state index contributed by atoms with van der Waals surface area (Å²) in [6, 6.07) is 6.55. The first-order chi connectivity index (χ1) is 9.15. The zero-order chi connectivity index (χ0) is 13.7. The Balaban J connectivity index is 0.00000200. The van der Waals surface area contributed by atoms with Crippen molar-refractivity contribution in [2.24, 2.45) is 11.7 Å². The predicted molar refractivity (Wildman–Crippen MR) is 80.3 cm³/mol. The fourth-order valence-electron chi connectivity index (χ4n) is 2.63. The number of halogens is 2. The molecule has 1 aliphatic carbocycles. The number of amides is 1. The molecular formula is C15H22ClFN2O. The van der Waals surface area contributed by atoms with Crippen LogP contribution >= 0.6 is 12.4 Å². The lowest BCUT2D eigenvalue weighted by Gasteiger charge is -2.14. The smallest absolute Gasteiger partial charge is 0.220 e. The monoisotopic (exact) mass is 300 g/mol. The molecule has 1 aromatic carbocycles. The maximum absolute atomic E-state index is 12.7. The highest BCUT2D eigenvalue weighted by Crippen LogP contribution is 2.26. The molecule has 0 aliphatic heterocycles. The van der Waals surface area contributed by atoms with Crippen molar-refractivity contribution in [1.82, 2.24) is 5.32 Å². The average Bonchev–Trinajstić information content (AvgIpc) is 2.78. The minimum Gasteiger partial charge on any atom is -0.356 e. The van der Waals surface area contributed by atoms with Crippen molar-refractivity contribution in [1.29, 1.82) is 0 Å². The fourth-order valence-corrected chi connectivity index (χ4v) is 2.63. The third-order valence-electron chi connectivity index (χ3n) is 3.81. The number of hydrogen-bond acceptors (Lipinski definition) is 2. The van der Waals surface area contributed by atoms with Gasteiger partial charge in [0.2, 0.25) is 5.91 Å². The minimum atomic E-state index is -0.233. The molecule has 0 spiro atoms. The van der Waals surface area contributed by atoms with E-state index in [4.69, 9.17) is 5.73 Å². The number of nitrogens with one attached hydrogen (secondary N) is 1. The Kier molecular flexibility index (Phi) is 6.96. The Hall–Kier alpha value is -1.13. The van der Waals surface area contributed by atoms with Crippen LogP contribution in [0.4, 0.5) is 4.39 Å². The molecule has 1 amide bonds. The summed E-state index contributed by atoms with van der Waals surface area (Å²) in [4.78, 5) is 11.8. The van der Waals surface area contributed by atoms with Crippen LogP contribution < -0.4 is 11.1 Å². The minimum absolute atomic E-state index is 0. The second-order valence-corrected chi connectivity index (χ2v) is 5.29. The van der Waals surface area contributed by atoms with Crippen molar-refractivity contribution in [2.45, 2.75) is 38.1 Å². The van der Waals surface area contributed by atoms with Gasteiger partial charge in [0.25, 0.3) is 0 Å². The van der Waals surface area contributed by atoms with Crippen LogP contribution in [-0.4, -0.2) is 18.5 Å². The predicted octanol–water partition coefficient (Wildman–Crippen LogP) is 2.42. The van der Waals surface area contributed by atoms with Crippen LogP contribution in [-0.2, 0) is 11.2 Å². The second kappa shape index (κ2) is 8.22. The molecule has 1 aromatic rings. The normalized spacial score (nSPS) is 21.3. The maximum atomic E-state index is 12.7. The maximum Gasteiger partial charge on any atom is 0.220 e. The molecule has 0 saturated heterocycles. The Bertz CT molecular complexity index is 424. The highest BCUT2D eigenvalue weighted by atomic mass is 35.5. The van der Waals surface area contributed by atoms with Gasteiger partial charge in [-0.05, 0) is 42.9 Å². The Morgan fingerprint density at radius 2 is 2.00 bits per heavy atom. The first kappa shape index (κ1) is 16.9. The van der Waals surface area contributed by atoms with Crippen LogP contribution in [0.25, 0.3) is 0 Å². The summed E-state index contributed by atoms with van der Waals surface area (Å²) in [5.41, 5.74) is 6.97. The third kappa shape index (κ3) is 5.10. The molecule has 2 rings (SSSR count). The third-order valence-corrected chi connectivity index (χ3v) is 3.81. The van der Waals surface area contributed by atoms with Gasteiger partial charge in [-0.1, -0.05) is 18.6 Å². The van der Waals surface area contributed by atoms with Gasteiger partial charge >= 0.3 is 0 Å². The van der Waals surface area contributed by atoms with Crippen LogP contribution in [0.1, 0.15) is 31.2 Å². The molecule has 1 saturated carbocycles. The number of carbonyl (C=O) groups is 1. The first-order valence-corrected chi connectivity index (χ1v) is 6.92. The Morgan fingerprint density at radius 1 is 1.30 bits per heavy atom. The van der Waals surface area contributed by atoms with Gasteiger partial charge in [0.15, 0.2) is 0 Å². The topological polar surface area (TPSA) is 55.1 Å². The Morgan fingerprint density at radius 3 is 2.60 bits per heavy atom. The molecule has 0 radical (unpaired) electrons. The van der Waals surface area contributed by atoms with E-state index in [2.05, 4.69) is 5.32 Å². The van der Waals surface area contributed by atoms with Crippen molar-refractivity contribution >= 4 is 18.3 Å². The highest BCUT2D eigenvalue weighted by Gasteiger charge is 2.25. The standard InChI is InChI=1S/C15H21FN2O.ClH/c16-13-6-4-11(5-7-13)8-9-18-15(19)10-12-2-1-3-14(12)17;/h4-7,12,14H,1-3,8-10,17H2,(H,18,19);1H/t12-,14+;/m0./s1. The summed E-state index contributed by atoms with van der Waals surface area (Å²) in [5.74, 6) is 0.179. The molecule has 0 heterocycles. The summed E-state index contributed by atoms with van der Waals surface area (Å²) in [7, 11) is 0. The molecule has 1 aliphatic rings. The summed E-state index contributed by atoms with van der Waals surface area (Å²) in [6.45, 7) is 0.590. The highest BCUT2D eigenvalue weighted by molar-refractivity contribution is 5.85.